The zero-order valence-electron chi connectivity index (χ0n) is 14.5. The fourth-order valence-corrected chi connectivity index (χ4v) is 4.23. The minimum absolute atomic E-state index is 0.154. The molecule has 9 nitrogen and oxygen atoms in total. The van der Waals surface area contributed by atoms with E-state index in [4.69, 9.17) is 9.88 Å². The monoisotopic (exact) mass is 384 g/mol. The Hall–Kier alpha value is -1.75. The summed E-state index contributed by atoms with van der Waals surface area (Å²) in [6.07, 6.45) is 5.22. The number of rotatable bonds is 5. The molecule has 0 bridgehead atoms. The first-order valence-corrected chi connectivity index (χ1v) is 10.4. The highest BCUT2D eigenvalue weighted by atomic mass is 32.2. The Kier molecular flexibility index (Phi) is 5.76. The molecule has 3 rings (SSSR count). The van der Waals surface area contributed by atoms with Gasteiger partial charge in [0.2, 0.25) is 10.0 Å². The quantitative estimate of drug-likeness (QED) is 0.605. The number of sulfonamides is 1. The first kappa shape index (κ1) is 19.0. The minimum atomic E-state index is -4.01. The third kappa shape index (κ3) is 4.14. The second kappa shape index (κ2) is 7.87. The molecule has 0 radical (unpaired) electrons. The van der Waals surface area contributed by atoms with Crippen molar-refractivity contribution in [2.45, 2.75) is 43.0 Å². The van der Waals surface area contributed by atoms with Gasteiger partial charge in [-0.05, 0) is 25.0 Å². The average molecular weight is 384 g/mol. The van der Waals surface area contributed by atoms with Crippen LogP contribution in [0.1, 0.15) is 32.1 Å². The minimum Gasteiger partial charge on any atom is -0.379 e. The molecule has 144 valence electrons. The maximum Gasteiger partial charge on any atom is 0.295 e. The van der Waals surface area contributed by atoms with Gasteiger partial charge in [-0.3, -0.25) is 15.1 Å². The van der Waals surface area contributed by atoms with Crippen LogP contribution in [-0.4, -0.2) is 50.7 Å². The van der Waals surface area contributed by atoms with E-state index in [1.54, 1.807) is 0 Å². The molecule has 10 heteroatoms. The van der Waals surface area contributed by atoms with Crippen molar-refractivity contribution in [2.75, 3.05) is 31.3 Å². The first-order chi connectivity index (χ1) is 12.4. The molecule has 0 amide bonds. The number of nitro groups is 1. The van der Waals surface area contributed by atoms with Gasteiger partial charge in [0.05, 0.1) is 23.0 Å². The van der Waals surface area contributed by atoms with E-state index < -0.39 is 14.9 Å². The summed E-state index contributed by atoms with van der Waals surface area (Å²) in [7, 11) is -4.01. The van der Waals surface area contributed by atoms with Crippen LogP contribution in [0.3, 0.4) is 0 Å². The molecule has 0 aromatic heterocycles. The van der Waals surface area contributed by atoms with Crippen LogP contribution >= 0.6 is 0 Å². The van der Waals surface area contributed by atoms with Crippen molar-refractivity contribution < 1.29 is 18.1 Å². The first-order valence-electron chi connectivity index (χ1n) is 8.81. The van der Waals surface area contributed by atoms with Gasteiger partial charge in [0.25, 0.3) is 5.69 Å². The van der Waals surface area contributed by atoms with Gasteiger partial charge in [-0.15, -0.1) is 0 Å². The summed E-state index contributed by atoms with van der Waals surface area (Å²) in [4.78, 5) is 10.9. The zero-order valence-corrected chi connectivity index (χ0v) is 15.4. The molecule has 26 heavy (non-hydrogen) atoms. The van der Waals surface area contributed by atoms with Crippen LogP contribution < -0.4 is 10.1 Å². The number of hydrogen-bond donors (Lipinski definition) is 1. The van der Waals surface area contributed by atoms with E-state index >= 15 is 0 Å². The molecule has 0 atom stereocenters. The summed E-state index contributed by atoms with van der Waals surface area (Å²) in [6.45, 7) is 2.41. The molecule has 2 fully saturated rings. The van der Waals surface area contributed by atoms with Gasteiger partial charge >= 0.3 is 0 Å². The van der Waals surface area contributed by atoms with Crippen molar-refractivity contribution >= 4 is 21.4 Å². The summed E-state index contributed by atoms with van der Waals surface area (Å²) >= 11 is 0. The summed E-state index contributed by atoms with van der Waals surface area (Å²) in [5.74, 6) is 0. The van der Waals surface area contributed by atoms with E-state index in [-0.39, 0.29) is 16.6 Å². The van der Waals surface area contributed by atoms with Gasteiger partial charge in [-0.25, -0.2) is 18.6 Å². The number of hydrogen-bond acceptors (Lipinski definition) is 7. The van der Waals surface area contributed by atoms with Crippen molar-refractivity contribution in [1.82, 2.24) is 5.01 Å². The number of primary sulfonamides is 1. The SMILES string of the molecule is NS(=O)(=O)c1ccc(N(C2CCCCC2)N2CCOCC2)c([N+](=O)[O-])c1. The van der Waals surface area contributed by atoms with E-state index in [2.05, 4.69) is 5.01 Å². The maximum atomic E-state index is 11.7. The molecule has 1 aliphatic heterocycles. The lowest BCUT2D eigenvalue weighted by Crippen LogP contribution is -2.54. The number of morpholine rings is 1. The Morgan fingerprint density at radius 3 is 2.42 bits per heavy atom. The van der Waals surface area contributed by atoms with Crippen LogP contribution in [0.5, 0.6) is 0 Å². The highest BCUT2D eigenvalue weighted by molar-refractivity contribution is 7.89. The second-order valence-electron chi connectivity index (χ2n) is 6.66. The third-order valence-corrected chi connectivity index (χ3v) is 5.84. The predicted octanol–water partition coefficient (Wildman–Crippen LogP) is 1.63. The van der Waals surface area contributed by atoms with Crippen molar-refractivity contribution in [3.05, 3.63) is 28.3 Å². The summed E-state index contributed by atoms with van der Waals surface area (Å²) in [5.41, 5.74) is 0.171. The summed E-state index contributed by atoms with van der Waals surface area (Å²) in [5, 5.41) is 20.9. The summed E-state index contributed by atoms with van der Waals surface area (Å²) in [6, 6.07) is 4.05. The fraction of sp³-hybridized carbons (Fsp3) is 0.625. The Morgan fingerprint density at radius 1 is 1.19 bits per heavy atom. The predicted molar refractivity (Wildman–Crippen MR) is 96.2 cm³/mol. The van der Waals surface area contributed by atoms with Crippen molar-refractivity contribution in [1.29, 1.82) is 0 Å². The van der Waals surface area contributed by atoms with Crippen LogP contribution in [-0.2, 0) is 14.8 Å². The molecular weight excluding hydrogens is 360 g/mol. The van der Waals surface area contributed by atoms with Crippen LogP contribution in [0.4, 0.5) is 11.4 Å². The number of hydrazine groups is 1. The van der Waals surface area contributed by atoms with E-state index in [9.17, 15) is 18.5 Å². The van der Waals surface area contributed by atoms with E-state index in [1.165, 1.54) is 18.6 Å². The average Bonchev–Trinajstić information content (AvgIpc) is 2.63. The van der Waals surface area contributed by atoms with Gasteiger partial charge in [0.1, 0.15) is 5.69 Å². The normalized spacial score (nSPS) is 20.0. The molecular formula is C16H24N4O5S. The molecule has 1 heterocycles. The Balaban J connectivity index is 2.05. The molecule has 0 spiro atoms. The second-order valence-corrected chi connectivity index (χ2v) is 8.22. The number of nitro benzene ring substituents is 1. The lowest BCUT2D eigenvalue weighted by atomic mass is 9.94. The van der Waals surface area contributed by atoms with Crippen LogP contribution in [0.15, 0.2) is 23.1 Å². The lowest BCUT2D eigenvalue weighted by Gasteiger charge is -2.44. The molecule has 1 saturated heterocycles. The van der Waals surface area contributed by atoms with E-state index in [1.807, 2.05) is 5.01 Å². The molecule has 2 N–H and O–H groups in total. The van der Waals surface area contributed by atoms with Crippen LogP contribution in [0.25, 0.3) is 0 Å². The largest absolute Gasteiger partial charge is 0.379 e. The fourth-order valence-electron chi connectivity index (χ4n) is 3.69. The molecule has 1 aromatic rings. The third-order valence-electron chi connectivity index (χ3n) is 4.93. The number of ether oxygens (including phenoxy) is 1. The Morgan fingerprint density at radius 2 is 1.85 bits per heavy atom. The number of nitrogens with zero attached hydrogens (tertiary/aromatic N) is 3. The van der Waals surface area contributed by atoms with Crippen LogP contribution in [0, 0.1) is 10.1 Å². The van der Waals surface area contributed by atoms with Gasteiger partial charge in [0.15, 0.2) is 0 Å². The number of benzene rings is 1. The Bertz CT molecular complexity index is 740. The molecule has 1 saturated carbocycles. The molecule has 1 aliphatic carbocycles. The standard InChI is InChI=1S/C16H24N4O5S/c17-26(23,24)14-6-7-15(16(12-14)20(21)22)19(13-4-2-1-3-5-13)18-8-10-25-11-9-18/h6-7,12-13H,1-5,8-11H2,(H2,17,23,24). The zero-order chi connectivity index (χ0) is 18.7. The topological polar surface area (TPSA) is 119 Å². The molecule has 2 aliphatic rings. The Labute approximate surface area is 152 Å². The van der Waals surface area contributed by atoms with Gasteiger partial charge < -0.3 is 4.74 Å². The van der Waals surface area contributed by atoms with Gasteiger partial charge in [-0.2, -0.15) is 0 Å². The van der Waals surface area contributed by atoms with E-state index in [0.29, 0.717) is 32.0 Å². The number of nitrogens with two attached hydrogens (primary N) is 1. The maximum absolute atomic E-state index is 11.7. The van der Waals surface area contributed by atoms with Crippen molar-refractivity contribution in [3.8, 4) is 0 Å². The smallest absolute Gasteiger partial charge is 0.295 e. The molecule has 1 aromatic carbocycles. The van der Waals surface area contributed by atoms with E-state index in [0.717, 1.165) is 31.7 Å². The van der Waals surface area contributed by atoms with Crippen molar-refractivity contribution in [3.63, 3.8) is 0 Å². The highest BCUT2D eigenvalue weighted by Gasteiger charge is 2.33. The molecule has 0 unspecified atom stereocenters. The van der Waals surface area contributed by atoms with Crippen LogP contribution in [0.2, 0.25) is 0 Å². The van der Waals surface area contributed by atoms with Gasteiger partial charge in [0, 0.05) is 25.2 Å². The van der Waals surface area contributed by atoms with Crippen molar-refractivity contribution in [2.24, 2.45) is 5.14 Å². The summed E-state index contributed by atoms with van der Waals surface area (Å²) < 4.78 is 28.6. The number of anilines is 1. The lowest BCUT2D eigenvalue weighted by molar-refractivity contribution is -0.384. The van der Waals surface area contributed by atoms with Gasteiger partial charge in [-0.1, -0.05) is 19.3 Å². The highest BCUT2D eigenvalue weighted by Crippen LogP contribution is 2.36.